The average molecular weight is 316 g/mol. The first-order valence-corrected chi connectivity index (χ1v) is 8.44. The van der Waals surface area contributed by atoms with Crippen molar-refractivity contribution in [3.05, 3.63) is 29.8 Å². The van der Waals surface area contributed by atoms with E-state index in [2.05, 4.69) is 10.6 Å². The standard InChI is InChI=1S/C19H28N2O2/c1-13-5-11-16(12-6-13)20-17(22)14-7-9-15(10-8-14)18(23)21-19(2,3)4/h5-6,11-12,14-15H,7-10H2,1-4H3,(H,20,22)(H,21,23). The van der Waals surface area contributed by atoms with Crippen molar-refractivity contribution >= 4 is 17.5 Å². The Kier molecular flexibility index (Phi) is 5.45. The van der Waals surface area contributed by atoms with Crippen LogP contribution in [0.5, 0.6) is 0 Å². The van der Waals surface area contributed by atoms with Crippen molar-refractivity contribution in [2.75, 3.05) is 5.32 Å². The first-order chi connectivity index (χ1) is 10.7. The molecule has 1 aliphatic carbocycles. The van der Waals surface area contributed by atoms with Gasteiger partial charge >= 0.3 is 0 Å². The molecule has 0 unspecified atom stereocenters. The number of anilines is 1. The minimum absolute atomic E-state index is 0.00925. The van der Waals surface area contributed by atoms with Crippen LogP contribution in [-0.2, 0) is 9.59 Å². The number of carbonyl (C=O) groups excluding carboxylic acids is 2. The molecule has 23 heavy (non-hydrogen) atoms. The van der Waals surface area contributed by atoms with Gasteiger partial charge in [-0.3, -0.25) is 9.59 Å². The molecule has 0 heterocycles. The van der Waals surface area contributed by atoms with Crippen LogP contribution in [0.25, 0.3) is 0 Å². The summed E-state index contributed by atoms with van der Waals surface area (Å²) in [7, 11) is 0. The highest BCUT2D eigenvalue weighted by atomic mass is 16.2. The normalized spacial score (nSPS) is 21.6. The van der Waals surface area contributed by atoms with Gasteiger partial charge < -0.3 is 10.6 Å². The zero-order valence-electron chi connectivity index (χ0n) is 14.6. The minimum Gasteiger partial charge on any atom is -0.351 e. The maximum atomic E-state index is 12.3. The lowest BCUT2D eigenvalue weighted by molar-refractivity contribution is -0.129. The lowest BCUT2D eigenvalue weighted by Gasteiger charge is -2.30. The second-order valence-electron chi connectivity index (χ2n) is 7.64. The van der Waals surface area contributed by atoms with Gasteiger partial charge in [0.15, 0.2) is 0 Å². The highest BCUT2D eigenvalue weighted by Crippen LogP contribution is 2.30. The van der Waals surface area contributed by atoms with Gasteiger partial charge in [0.1, 0.15) is 0 Å². The van der Waals surface area contributed by atoms with Gasteiger partial charge in [-0.05, 0) is 65.5 Å². The van der Waals surface area contributed by atoms with E-state index in [1.54, 1.807) is 0 Å². The quantitative estimate of drug-likeness (QED) is 0.894. The zero-order valence-corrected chi connectivity index (χ0v) is 14.6. The molecule has 126 valence electrons. The highest BCUT2D eigenvalue weighted by molar-refractivity contribution is 5.92. The van der Waals surface area contributed by atoms with Crippen molar-refractivity contribution in [2.45, 2.75) is 58.9 Å². The number of amides is 2. The van der Waals surface area contributed by atoms with E-state index in [-0.39, 0.29) is 29.2 Å². The summed E-state index contributed by atoms with van der Waals surface area (Å²) in [5.74, 6) is 0.242. The van der Waals surface area contributed by atoms with Crippen molar-refractivity contribution in [3.8, 4) is 0 Å². The third-order valence-electron chi connectivity index (χ3n) is 4.29. The van der Waals surface area contributed by atoms with Gasteiger partial charge in [0, 0.05) is 23.1 Å². The molecule has 0 aliphatic heterocycles. The highest BCUT2D eigenvalue weighted by Gasteiger charge is 2.31. The van der Waals surface area contributed by atoms with Crippen molar-refractivity contribution < 1.29 is 9.59 Å². The number of hydrogen-bond acceptors (Lipinski definition) is 2. The van der Waals surface area contributed by atoms with Crippen LogP contribution in [-0.4, -0.2) is 17.4 Å². The first kappa shape index (κ1) is 17.5. The van der Waals surface area contributed by atoms with E-state index in [4.69, 9.17) is 0 Å². The molecule has 1 aliphatic rings. The Morgan fingerprint density at radius 3 is 1.87 bits per heavy atom. The van der Waals surface area contributed by atoms with Gasteiger partial charge in [-0.25, -0.2) is 0 Å². The molecule has 2 rings (SSSR count). The molecule has 0 aromatic heterocycles. The topological polar surface area (TPSA) is 58.2 Å². The molecule has 2 N–H and O–H groups in total. The van der Waals surface area contributed by atoms with Crippen LogP contribution in [0.2, 0.25) is 0 Å². The summed E-state index contributed by atoms with van der Waals surface area (Å²) in [4.78, 5) is 24.5. The number of nitrogens with one attached hydrogen (secondary N) is 2. The summed E-state index contributed by atoms with van der Waals surface area (Å²) in [5, 5.41) is 6.02. The molecule has 1 fully saturated rings. The minimum atomic E-state index is -0.198. The van der Waals surface area contributed by atoms with Crippen LogP contribution in [0.15, 0.2) is 24.3 Å². The van der Waals surface area contributed by atoms with Crippen molar-refractivity contribution in [3.63, 3.8) is 0 Å². The lowest BCUT2D eigenvalue weighted by Crippen LogP contribution is -2.45. The van der Waals surface area contributed by atoms with E-state index in [0.717, 1.165) is 31.4 Å². The Labute approximate surface area is 139 Å². The summed E-state index contributed by atoms with van der Waals surface area (Å²) >= 11 is 0. The van der Waals surface area contributed by atoms with Crippen LogP contribution in [0.3, 0.4) is 0 Å². The predicted molar refractivity (Wildman–Crippen MR) is 93.2 cm³/mol. The van der Waals surface area contributed by atoms with Crippen molar-refractivity contribution in [1.82, 2.24) is 5.32 Å². The van der Waals surface area contributed by atoms with E-state index < -0.39 is 0 Å². The maximum absolute atomic E-state index is 12.3. The number of hydrogen-bond donors (Lipinski definition) is 2. The number of rotatable bonds is 3. The summed E-state index contributed by atoms with van der Waals surface area (Å²) in [6.45, 7) is 8.00. The lowest BCUT2D eigenvalue weighted by atomic mass is 9.81. The van der Waals surface area contributed by atoms with E-state index in [1.807, 2.05) is 52.0 Å². The number of carbonyl (C=O) groups is 2. The van der Waals surface area contributed by atoms with Gasteiger partial charge in [-0.2, -0.15) is 0 Å². The molecule has 1 saturated carbocycles. The predicted octanol–water partition coefficient (Wildman–Crippen LogP) is 3.65. The third kappa shape index (κ3) is 5.38. The van der Waals surface area contributed by atoms with Gasteiger partial charge in [-0.15, -0.1) is 0 Å². The Hall–Kier alpha value is -1.84. The Morgan fingerprint density at radius 1 is 0.913 bits per heavy atom. The van der Waals surface area contributed by atoms with Crippen LogP contribution >= 0.6 is 0 Å². The SMILES string of the molecule is Cc1ccc(NC(=O)C2CCC(C(=O)NC(C)(C)C)CC2)cc1. The van der Waals surface area contributed by atoms with E-state index in [9.17, 15) is 9.59 Å². The van der Waals surface area contributed by atoms with Gasteiger partial charge in [0.25, 0.3) is 0 Å². The fourth-order valence-corrected chi connectivity index (χ4v) is 2.97. The molecule has 0 bridgehead atoms. The number of aryl methyl sites for hydroxylation is 1. The molecular weight excluding hydrogens is 288 g/mol. The summed E-state index contributed by atoms with van der Waals surface area (Å²) < 4.78 is 0. The third-order valence-corrected chi connectivity index (χ3v) is 4.29. The summed E-state index contributed by atoms with van der Waals surface area (Å²) in [6, 6.07) is 7.83. The molecule has 4 nitrogen and oxygen atoms in total. The van der Waals surface area contributed by atoms with Gasteiger partial charge in [0.05, 0.1) is 0 Å². The fourth-order valence-electron chi connectivity index (χ4n) is 2.97. The van der Waals surface area contributed by atoms with Crippen LogP contribution < -0.4 is 10.6 Å². The molecular formula is C19H28N2O2. The van der Waals surface area contributed by atoms with Crippen LogP contribution in [0.1, 0.15) is 52.0 Å². The van der Waals surface area contributed by atoms with E-state index in [0.29, 0.717) is 0 Å². The molecule has 0 spiro atoms. The molecule has 0 atom stereocenters. The molecule has 0 saturated heterocycles. The first-order valence-electron chi connectivity index (χ1n) is 8.44. The van der Waals surface area contributed by atoms with Crippen molar-refractivity contribution in [2.24, 2.45) is 11.8 Å². The Morgan fingerprint density at radius 2 is 1.39 bits per heavy atom. The van der Waals surface area contributed by atoms with Crippen LogP contribution in [0.4, 0.5) is 5.69 Å². The average Bonchev–Trinajstić information content (AvgIpc) is 2.48. The maximum Gasteiger partial charge on any atom is 0.227 e. The van der Waals surface area contributed by atoms with E-state index >= 15 is 0 Å². The smallest absolute Gasteiger partial charge is 0.227 e. The fraction of sp³-hybridized carbons (Fsp3) is 0.579. The molecule has 2 amide bonds. The largest absolute Gasteiger partial charge is 0.351 e. The molecule has 0 radical (unpaired) electrons. The second-order valence-corrected chi connectivity index (χ2v) is 7.64. The second kappa shape index (κ2) is 7.16. The molecule has 1 aromatic rings. The summed E-state index contributed by atoms with van der Waals surface area (Å²) in [6.07, 6.45) is 3.13. The van der Waals surface area contributed by atoms with Gasteiger partial charge in [-0.1, -0.05) is 17.7 Å². The van der Waals surface area contributed by atoms with Crippen LogP contribution in [0, 0.1) is 18.8 Å². The molecule has 1 aromatic carbocycles. The monoisotopic (exact) mass is 316 g/mol. The van der Waals surface area contributed by atoms with E-state index in [1.165, 1.54) is 5.56 Å². The molecule has 4 heteroatoms. The van der Waals surface area contributed by atoms with Crippen molar-refractivity contribution in [1.29, 1.82) is 0 Å². The Bertz CT molecular complexity index is 550. The number of benzene rings is 1. The summed E-state index contributed by atoms with van der Waals surface area (Å²) in [5.41, 5.74) is 1.82. The zero-order chi connectivity index (χ0) is 17.0. The Balaban J connectivity index is 1.83. The van der Waals surface area contributed by atoms with Gasteiger partial charge in [0.2, 0.25) is 11.8 Å².